The predicted octanol–water partition coefficient (Wildman–Crippen LogP) is 3.17. The molecule has 0 aromatic carbocycles. The van der Waals surface area contributed by atoms with Gasteiger partial charge in [-0.3, -0.25) is 19.6 Å². The Hall–Kier alpha value is -2.32. The van der Waals surface area contributed by atoms with Crippen molar-refractivity contribution >= 4 is 40.3 Å². The van der Waals surface area contributed by atoms with Crippen LogP contribution in [-0.2, 0) is 4.79 Å². The van der Waals surface area contributed by atoms with Crippen molar-refractivity contribution in [3.8, 4) is 0 Å². The van der Waals surface area contributed by atoms with Crippen LogP contribution in [0.4, 0.5) is 14.7 Å². The number of likely N-dealkylation sites (tertiary alicyclic amines) is 1. The monoisotopic (exact) mass is 379 g/mol. The van der Waals surface area contributed by atoms with Gasteiger partial charge >= 0.3 is 0 Å². The van der Waals surface area contributed by atoms with Gasteiger partial charge in [0.15, 0.2) is 5.65 Å². The molecule has 4 rings (SSSR count). The van der Waals surface area contributed by atoms with Crippen LogP contribution in [0.5, 0.6) is 0 Å². The molecule has 9 heteroatoms. The number of halogens is 3. The van der Waals surface area contributed by atoms with Crippen molar-refractivity contribution in [1.29, 1.82) is 0 Å². The molecule has 2 aliphatic rings. The third-order valence-electron chi connectivity index (χ3n) is 4.35. The molecule has 0 unspecified atom stereocenters. The Kier molecular flexibility index (Phi) is 4.24. The number of fused-ring (bicyclic) bond motifs is 1. The van der Waals surface area contributed by atoms with E-state index < -0.39 is 18.4 Å². The first-order valence-electron chi connectivity index (χ1n) is 8.25. The average molecular weight is 380 g/mol. The van der Waals surface area contributed by atoms with Crippen molar-refractivity contribution in [3.63, 3.8) is 0 Å². The molecule has 3 heterocycles. The van der Waals surface area contributed by atoms with Crippen molar-refractivity contribution in [2.45, 2.75) is 18.8 Å². The van der Waals surface area contributed by atoms with E-state index in [1.807, 2.05) is 18.2 Å². The molecule has 2 aromatic heterocycles. The topological polar surface area (TPSA) is 63.1 Å². The summed E-state index contributed by atoms with van der Waals surface area (Å²) >= 11 is 5.97. The standard InChI is InChI=1S/C17H16ClF2N5O/c18-13-6-5-12-15(22-13)25(11-3-1-4-11)16(21-12)23-14(26)9-24-8-2-7-17(19,20)10-24/h1,3-6H,2,7-10H2,(H,21,23,26). The highest BCUT2D eigenvalue weighted by Gasteiger charge is 2.35. The molecule has 0 radical (unpaired) electrons. The molecule has 1 fully saturated rings. The molecular weight excluding hydrogens is 364 g/mol. The van der Waals surface area contributed by atoms with Crippen molar-refractivity contribution < 1.29 is 13.6 Å². The van der Waals surface area contributed by atoms with Crippen LogP contribution in [0.3, 0.4) is 0 Å². The SMILES string of the molecule is O=C(CN1CCCC(F)(F)C1)Nc1nc2ccc(Cl)nc2n1C1=CC=C1. The average Bonchev–Trinajstić information content (AvgIpc) is 2.82. The summed E-state index contributed by atoms with van der Waals surface area (Å²) in [4.78, 5) is 22.5. The van der Waals surface area contributed by atoms with Gasteiger partial charge in [0.1, 0.15) is 10.7 Å². The smallest absolute Gasteiger partial charge is 0.260 e. The van der Waals surface area contributed by atoms with E-state index in [9.17, 15) is 13.6 Å². The highest BCUT2D eigenvalue weighted by molar-refractivity contribution is 6.29. The van der Waals surface area contributed by atoms with Gasteiger partial charge in [-0.25, -0.2) is 18.7 Å². The third-order valence-corrected chi connectivity index (χ3v) is 4.56. The summed E-state index contributed by atoms with van der Waals surface area (Å²) in [5, 5.41) is 3.03. The number of hydrogen-bond acceptors (Lipinski definition) is 4. The number of carbonyl (C=O) groups is 1. The van der Waals surface area contributed by atoms with Crippen LogP contribution in [-0.4, -0.2) is 50.9 Å². The molecule has 0 saturated carbocycles. The summed E-state index contributed by atoms with van der Waals surface area (Å²) in [5.74, 6) is -2.85. The molecule has 0 spiro atoms. The molecule has 1 amide bonds. The number of imidazole rings is 1. The van der Waals surface area contributed by atoms with Crippen molar-refractivity contribution in [2.75, 3.05) is 25.0 Å². The van der Waals surface area contributed by atoms with Crippen molar-refractivity contribution in [3.05, 3.63) is 35.5 Å². The van der Waals surface area contributed by atoms with Gasteiger partial charge in [0.05, 0.1) is 18.8 Å². The first-order valence-corrected chi connectivity index (χ1v) is 8.63. The third kappa shape index (κ3) is 3.34. The first-order chi connectivity index (χ1) is 12.4. The predicted molar refractivity (Wildman–Crippen MR) is 95.2 cm³/mol. The highest BCUT2D eigenvalue weighted by atomic mass is 35.5. The number of anilines is 1. The molecule has 1 N–H and O–H groups in total. The number of amides is 1. The number of carbonyl (C=O) groups excluding carboxylic acids is 1. The molecule has 2 aromatic rings. The van der Waals surface area contributed by atoms with E-state index in [1.54, 1.807) is 16.7 Å². The van der Waals surface area contributed by atoms with Crippen LogP contribution in [0, 0.1) is 0 Å². The minimum Gasteiger partial charge on any atom is -0.294 e. The van der Waals surface area contributed by atoms with Gasteiger partial charge in [-0.05, 0) is 37.3 Å². The Labute approximate surface area is 153 Å². The molecule has 1 aliphatic carbocycles. The first kappa shape index (κ1) is 17.1. The van der Waals surface area contributed by atoms with Crippen LogP contribution < -0.4 is 5.32 Å². The molecule has 136 valence electrons. The number of alkyl halides is 2. The molecule has 26 heavy (non-hydrogen) atoms. The molecule has 0 bridgehead atoms. The number of allylic oxidation sites excluding steroid dienone is 4. The lowest BCUT2D eigenvalue weighted by Gasteiger charge is -2.31. The zero-order valence-electron chi connectivity index (χ0n) is 13.8. The summed E-state index contributed by atoms with van der Waals surface area (Å²) in [7, 11) is 0. The van der Waals surface area contributed by atoms with E-state index in [4.69, 9.17) is 11.6 Å². The summed E-state index contributed by atoms with van der Waals surface area (Å²) in [6.07, 6.45) is 5.80. The van der Waals surface area contributed by atoms with Crippen LogP contribution >= 0.6 is 11.6 Å². The molecule has 1 saturated heterocycles. The summed E-state index contributed by atoms with van der Waals surface area (Å²) in [6.45, 7) is -0.0335. The van der Waals surface area contributed by atoms with E-state index in [2.05, 4.69) is 15.3 Å². The van der Waals surface area contributed by atoms with Crippen molar-refractivity contribution in [1.82, 2.24) is 19.4 Å². The fraction of sp³-hybridized carbons (Fsp3) is 0.353. The number of hydrogen-bond donors (Lipinski definition) is 1. The zero-order valence-corrected chi connectivity index (χ0v) is 14.5. The Morgan fingerprint density at radius 3 is 2.85 bits per heavy atom. The lowest BCUT2D eigenvalue weighted by molar-refractivity contribution is -0.120. The van der Waals surface area contributed by atoms with Crippen LogP contribution in [0.15, 0.2) is 30.4 Å². The largest absolute Gasteiger partial charge is 0.294 e. The van der Waals surface area contributed by atoms with E-state index in [-0.39, 0.29) is 13.0 Å². The molecule has 6 nitrogen and oxygen atoms in total. The Morgan fingerprint density at radius 2 is 2.15 bits per heavy atom. The second-order valence-corrected chi connectivity index (χ2v) is 6.80. The van der Waals surface area contributed by atoms with Gasteiger partial charge in [0, 0.05) is 6.42 Å². The number of rotatable bonds is 4. The van der Waals surface area contributed by atoms with Gasteiger partial charge in [-0.15, -0.1) is 0 Å². The van der Waals surface area contributed by atoms with E-state index in [0.29, 0.717) is 35.2 Å². The fourth-order valence-electron chi connectivity index (χ4n) is 3.14. The quantitative estimate of drug-likeness (QED) is 0.829. The molecule has 1 aliphatic heterocycles. The maximum atomic E-state index is 13.5. The summed E-state index contributed by atoms with van der Waals surface area (Å²) in [6, 6.07) is 3.33. The zero-order chi connectivity index (χ0) is 18.3. The lowest BCUT2D eigenvalue weighted by Crippen LogP contribution is -2.45. The Morgan fingerprint density at radius 1 is 1.35 bits per heavy atom. The fourth-order valence-corrected chi connectivity index (χ4v) is 3.29. The highest BCUT2D eigenvalue weighted by Crippen LogP contribution is 2.28. The number of nitrogens with zero attached hydrogens (tertiary/aromatic N) is 4. The maximum Gasteiger partial charge on any atom is 0.260 e. The number of pyridine rings is 1. The Balaban J connectivity index is 1.56. The normalized spacial score (nSPS) is 19.3. The van der Waals surface area contributed by atoms with Crippen LogP contribution in [0.1, 0.15) is 12.8 Å². The van der Waals surface area contributed by atoms with E-state index in [0.717, 1.165) is 5.70 Å². The van der Waals surface area contributed by atoms with Crippen LogP contribution in [0.2, 0.25) is 5.15 Å². The van der Waals surface area contributed by atoms with Gasteiger partial charge in [0.25, 0.3) is 5.92 Å². The van der Waals surface area contributed by atoms with Crippen LogP contribution in [0.25, 0.3) is 16.9 Å². The summed E-state index contributed by atoms with van der Waals surface area (Å²) in [5.41, 5.74) is 1.91. The van der Waals surface area contributed by atoms with E-state index in [1.165, 1.54) is 4.90 Å². The number of aromatic nitrogens is 3. The minimum atomic E-state index is -2.74. The molecule has 0 atom stereocenters. The van der Waals surface area contributed by atoms with Gasteiger partial charge < -0.3 is 0 Å². The van der Waals surface area contributed by atoms with Gasteiger partial charge in [0.2, 0.25) is 11.9 Å². The number of nitrogens with one attached hydrogen (secondary N) is 1. The second-order valence-electron chi connectivity index (χ2n) is 6.42. The minimum absolute atomic E-state index is 0.109. The second kappa shape index (κ2) is 6.44. The number of piperidine rings is 1. The van der Waals surface area contributed by atoms with Gasteiger partial charge in [-0.2, -0.15) is 0 Å². The summed E-state index contributed by atoms with van der Waals surface area (Å²) < 4.78 is 28.7. The van der Waals surface area contributed by atoms with Crippen molar-refractivity contribution in [2.24, 2.45) is 0 Å². The molecular formula is C17H16ClF2N5O. The Bertz CT molecular complexity index is 937. The van der Waals surface area contributed by atoms with Gasteiger partial charge in [-0.1, -0.05) is 17.7 Å². The lowest BCUT2D eigenvalue weighted by atomic mass is 10.1. The van der Waals surface area contributed by atoms with E-state index >= 15 is 0 Å². The maximum absolute atomic E-state index is 13.5.